The van der Waals surface area contributed by atoms with Crippen LogP contribution in [-0.4, -0.2) is 15.0 Å². The molecule has 10 aromatic rings. The van der Waals surface area contributed by atoms with Gasteiger partial charge in [-0.1, -0.05) is 152 Å². The number of benzene rings is 7. The Labute approximate surface area is 306 Å². The van der Waals surface area contributed by atoms with E-state index in [2.05, 4.69) is 126 Å². The summed E-state index contributed by atoms with van der Waals surface area (Å²) in [6, 6.07) is 63.1. The smallest absolute Gasteiger partial charge is 0.160 e. The second-order valence-corrected chi connectivity index (χ2v) is 13.2. The van der Waals surface area contributed by atoms with Crippen LogP contribution >= 0.6 is 0 Å². The molecular formula is C49H31N3O. The molecule has 0 saturated heterocycles. The fraction of sp³-hybridized carbons (Fsp3) is 0. The third-order valence-electron chi connectivity index (χ3n) is 9.98. The first-order valence-corrected chi connectivity index (χ1v) is 17.8. The minimum absolute atomic E-state index is 0.712. The van der Waals surface area contributed by atoms with Crippen LogP contribution in [0.15, 0.2) is 193 Å². The number of rotatable bonds is 6. The summed E-state index contributed by atoms with van der Waals surface area (Å²) in [5.74, 6) is 0.712. The zero-order valence-corrected chi connectivity index (χ0v) is 28.6. The van der Waals surface area contributed by atoms with E-state index >= 15 is 0 Å². The van der Waals surface area contributed by atoms with E-state index in [0.29, 0.717) is 5.82 Å². The number of aromatic nitrogens is 3. The summed E-state index contributed by atoms with van der Waals surface area (Å²) in [6.07, 6.45) is 1.84. The highest BCUT2D eigenvalue weighted by molar-refractivity contribution is 6.22. The maximum atomic E-state index is 6.56. The Hall–Kier alpha value is -7.17. The summed E-state index contributed by atoms with van der Waals surface area (Å²) in [4.78, 5) is 14.6. The Morgan fingerprint density at radius 3 is 1.62 bits per heavy atom. The lowest BCUT2D eigenvalue weighted by molar-refractivity contribution is 0.673. The van der Waals surface area contributed by atoms with Crippen LogP contribution in [0.2, 0.25) is 0 Å². The summed E-state index contributed by atoms with van der Waals surface area (Å²) in [5, 5.41) is 4.43. The van der Waals surface area contributed by atoms with Crippen molar-refractivity contribution < 1.29 is 4.42 Å². The maximum Gasteiger partial charge on any atom is 0.160 e. The van der Waals surface area contributed by atoms with Crippen molar-refractivity contribution >= 4 is 32.7 Å². The summed E-state index contributed by atoms with van der Waals surface area (Å²) in [7, 11) is 0. The van der Waals surface area contributed by atoms with Crippen molar-refractivity contribution in [1.29, 1.82) is 0 Å². The van der Waals surface area contributed by atoms with E-state index in [1.165, 1.54) is 5.56 Å². The van der Waals surface area contributed by atoms with Gasteiger partial charge in [-0.2, -0.15) is 0 Å². The van der Waals surface area contributed by atoms with E-state index < -0.39 is 0 Å². The Kier molecular flexibility index (Phi) is 7.43. The van der Waals surface area contributed by atoms with Gasteiger partial charge >= 0.3 is 0 Å². The molecule has 3 aromatic heterocycles. The van der Waals surface area contributed by atoms with E-state index in [-0.39, 0.29) is 0 Å². The molecule has 0 aliphatic rings. The van der Waals surface area contributed by atoms with Crippen LogP contribution in [0.4, 0.5) is 0 Å². The molecule has 0 saturated carbocycles. The van der Waals surface area contributed by atoms with Crippen LogP contribution < -0.4 is 0 Å². The third-order valence-corrected chi connectivity index (χ3v) is 9.98. The van der Waals surface area contributed by atoms with E-state index in [1.807, 2.05) is 66.9 Å². The van der Waals surface area contributed by atoms with Gasteiger partial charge < -0.3 is 4.42 Å². The van der Waals surface area contributed by atoms with Gasteiger partial charge in [-0.15, -0.1) is 0 Å². The molecule has 0 spiro atoms. The largest absolute Gasteiger partial charge is 0.455 e. The highest BCUT2D eigenvalue weighted by atomic mass is 16.3. The molecule has 53 heavy (non-hydrogen) atoms. The predicted molar refractivity (Wildman–Crippen MR) is 217 cm³/mol. The van der Waals surface area contributed by atoms with Crippen molar-refractivity contribution in [3.8, 4) is 67.4 Å². The lowest BCUT2D eigenvalue weighted by Crippen LogP contribution is -1.95. The molecule has 0 radical (unpaired) electrons. The molecule has 248 valence electrons. The highest BCUT2D eigenvalue weighted by Crippen LogP contribution is 2.43. The van der Waals surface area contributed by atoms with E-state index in [4.69, 9.17) is 14.4 Å². The Morgan fingerprint density at radius 1 is 0.358 bits per heavy atom. The molecule has 0 unspecified atom stereocenters. The van der Waals surface area contributed by atoms with Crippen LogP contribution in [-0.2, 0) is 0 Å². The number of furan rings is 1. The molecule has 0 amide bonds. The summed E-state index contributed by atoms with van der Waals surface area (Å²) < 4.78 is 6.56. The maximum absolute atomic E-state index is 6.56. The number of hydrogen-bond acceptors (Lipinski definition) is 4. The van der Waals surface area contributed by atoms with Gasteiger partial charge in [0.05, 0.1) is 17.1 Å². The summed E-state index contributed by atoms with van der Waals surface area (Å²) in [6.45, 7) is 0. The molecule has 3 heterocycles. The van der Waals surface area contributed by atoms with Crippen LogP contribution in [0.5, 0.6) is 0 Å². The molecule has 7 aromatic carbocycles. The molecule has 0 N–H and O–H groups in total. The van der Waals surface area contributed by atoms with Crippen molar-refractivity contribution in [2.24, 2.45) is 0 Å². The van der Waals surface area contributed by atoms with Crippen LogP contribution in [0.3, 0.4) is 0 Å². The summed E-state index contributed by atoms with van der Waals surface area (Å²) in [5.41, 5.74) is 13.2. The van der Waals surface area contributed by atoms with Gasteiger partial charge in [-0.05, 0) is 58.0 Å². The predicted octanol–water partition coefficient (Wildman–Crippen LogP) is 12.9. The Bertz CT molecular complexity index is 2840. The van der Waals surface area contributed by atoms with Crippen molar-refractivity contribution in [2.45, 2.75) is 0 Å². The van der Waals surface area contributed by atoms with Gasteiger partial charge in [0.1, 0.15) is 11.2 Å². The van der Waals surface area contributed by atoms with Gasteiger partial charge in [0.2, 0.25) is 0 Å². The zero-order valence-electron chi connectivity index (χ0n) is 28.6. The number of fused-ring (bicyclic) bond motifs is 5. The van der Waals surface area contributed by atoms with Crippen molar-refractivity contribution in [3.05, 3.63) is 188 Å². The second kappa shape index (κ2) is 12.9. The van der Waals surface area contributed by atoms with Crippen molar-refractivity contribution in [1.82, 2.24) is 15.0 Å². The van der Waals surface area contributed by atoms with Gasteiger partial charge in [-0.25, -0.2) is 9.97 Å². The van der Waals surface area contributed by atoms with Crippen molar-refractivity contribution in [2.75, 3.05) is 0 Å². The first-order chi connectivity index (χ1) is 26.3. The molecule has 4 nitrogen and oxygen atoms in total. The molecule has 0 aliphatic heterocycles. The Balaban J connectivity index is 1.02. The number of nitrogens with zero attached hydrogens (tertiary/aromatic N) is 3. The van der Waals surface area contributed by atoms with Crippen LogP contribution in [0.25, 0.3) is 100 Å². The minimum Gasteiger partial charge on any atom is -0.455 e. The lowest BCUT2D eigenvalue weighted by atomic mass is 9.93. The second-order valence-electron chi connectivity index (χ2n) is 13.2. The van der Waals surface area contributed by atoms with Crippen LogP contribution in [0.1, 0.15) is 0 Å². The van der Waals surface area contributed by atoms with Crippen LogP contribution in [0, 0.1) is 0 Å². The fourth-order valence-electron chi connectivity index (χ4n) is 7.37. The number of hydrogen-bond donors (Lipinski definition) is 0. The van der Waals surface area contributed by atoms with E-state index in [9.17, 15) is 0 Å². The van der Waals surface area contributed by atoms with E-state index in [0.717, 1.165) is 88.7 Å². The lowest BCUT2D eigenvalue weighted by Gasteiger charge is -2.11. The zero-order chi connectivity index (χ0) is 35.1. The topological polar surface area (TPSA) is 51.8 Å². The Morgan fingerprint density at radius 2 is 0.943 bits per heavy atom. The fourth-order valence-corrected chi connectivity index (χ4v) is 7.37. The first-order valence-electron chi connectivity index (χ1n) is 17.8. The van der Waals surface area contributed by atoms with Gasteiger partial charge in [0.15, 0.2) is 5.82 Å². The SMILES string of the molecule is c1ccc(-c2cc(-c3ccc(-c4ccc(-c5cc6c(oc7cccc(-c8ccccn8)c76)c6ccccc56)cc4)cc3)nc(-c3ccccc3)n2)cc1. The van der Waals surface area contributed by atoms with Crippen molar-refractivity contribution in [3.63, 3.8) is 0 Å². The molecule has 4 heteroatoms. The first kappa shape index (κ1) is 30.6. The molecule has 0 fully saturated rings. The average molecular weight is 678 g/mol. The molecule has 10 rings (SSSR count). The minimum atomic E-state index is 0.712. The quantitative estimate of drug-likeness (QED) is 0.176. The average Bonchev–Trinajstić information content (AvgIpc) is 3.63. The van der Waals surface area contributed by atoms with Gasteiger partial charge in [0.25, 0.3) is 0 Å². The normalized spacial score (nSPS) is 11.4. The van der Waals surface area contributed by atoms with Gasteiger partial charge in [0, 0.05) is 44.6 Å². The molecule has 0 atom stereocenters. The standard InChI is InChI=1S/C49H31N3O/c1-3-12-35(13-4-1)44-31-45(52-49(51-44)37-14-5-2-6-15-37)36-27-23-33(24-28-36)32-21-25-34(26-22-32)41-30-42-47-40(43-19-9-10-29-50-43)18-11-20-46(47)53-48(42)39-17-8-7-16-38(39)41/h1-31H. The van der Waals surface area contributed by atoms with Gasteiger partial charge in [-0.3, -0.25) is 4.98 Å². The molecule has 0 bridgehead atoms. The molecular weight excluding hydrogens is 647 g/mol. The molecule has 0 aliphatic carbocycles. The number of pyridine rings is 1. The highest BCUT2D eigenvalue weighted by Gasteiger charge is 2.18. The monoisotopic (exact) mass is 677 g/mol. The third kappa shape index (κ3) is 5.54. The van der Waals surface area contributed by atoms with E-state index in [1.54, 1.807) is 0 Å². The summed E-state index contributed by atoms with van der Waals surface area (Å²) >= 11 is 0.